The van der Waals surface area contributed by atoms with Crippen LogP contribution in [-0.2, 0) is 12.4 Å². The Balaban J connectivity index is 0.000000195. The van der Waals surface area contributed by atoms with Crippen molar-refractivity contribution in [1.82, 2.24) is 19.9 Å². The van der Waals surface area contributed by atoms with Gasteiger partial charge in [-0.2, -0.15) is 26.3 Å². The van der Waals surface area contributed by atoms with Crippen molar-refractivity contribution >= 4 is 86.1 Å². The second kappa shape index (κ2) is 21.5. The number of rotatable bonds is 5. The quantitative estimate of drug-likeness (QED) is 0.0977. The number of aromatic nitrogens is 4. The molecule has 0 amide bonds. The zero-order valence-electron chi connectivity index (χ0n) is 33.7. The lowest BCUT2D eigenvalue weighted by molar-refractivity contribution is -0.138. The van der Waals surface area contributed by atoms with Gasteiger partial charge in [0.2, 0.25) is 0 Å². The van der Waals surface area contributed by atoms with Gasteiger partial charge in [0.05, 0.1) is 37.3 Å². The number of phenols is 2. The van der Waals surface area contributed by atoms with Gasteiger partial charge in [-0.25, -0.2) is 9.97 Å². The van der Waals surface area contributed by atoms with Crippen LogP contribution in [0, 0.1) is 13.8 Å². The SMILES string of the molecule is Cc1cc(N)ncc1Cl.Cc1cc(NC(c2ccc(Cl)c(C(F)(F)F)c2)c2ccc3cccnc3c2O)ncc1Cl.O=Cc1ccc(Cl)c(C(F)(F)F)c1.Oc1cccc2cccnc12. The Bertz CT molecular complexity index is 2950. The molecule has 1 atom stereocenters. The molecular formula is C46H34Cl4F6N6O3. The largest absolute Gasteiger partial charge is 0.506 e. The number of hydrogen-bond acceptors (Lipinski definition) is 9. The van der Waals surface area contributed by atoms with Crippen molar-refractivity contribution in [2.24, 2.45) is 0 Å². The van der Waals surface area contributed by atoms with Crippen LogP contribution in [0.15, 0.2) is 128 Å². The fourth-order valence-electron chi connectivity index (χ4n) is 5.91. The van der Waals surface area contributed by atoms with Crippen LogP contribution in [0.2, 0.25) is 20.1 Å². The summed E-state index contributed by atoms with van der Waals surface area (Å²) in [7, 11) is 0. The Morgan fingerprint density at radius 3 is 1.75 bits per heavy atom. The topological polar surface area (TPSA) is 147 Å². The highest BCUT2D eigenvalue weighted by Gasteiger charge is 2.35. The molecular weight excluding hydrogens is 940 g/mol. The average molecular weight is 975 g/mol. The number of para-hydroxylation sites is 1. The highest BCUT2D eigenvalue weighted by atomic mass is 35.5. The number of carbonyl (C=O) groups is 1. The molecule has 9 nitrogen and oxygen atoms in total. The van der Waals surface area contributed by atoms with Crippen molar-refractivity contribution in [3.05, 3.63) is 187 Å². The summed E-state index contributed by atoms with van der Waals surface area (Å²) in [5.74, 6) is 0.982. The Morgan fingerprint density at radius 2 is 1.18 bits per heavy atom. The van der Waals surface area contributed by atoms with Gasteiger partial charge in [-0.1, -0.05) is 94.9 Å². The van der Waals surface area contributed by atoms with Crippen molar-refractivity contribution in [1.29, 1.82) is 0 Å². The van der Waals surface area contributed by atoms with Gasteiger partial charge in [0.1, 0.15) is 40.5 Å². The number of anilines is 2. The second-order valence-corrected chi connectivity index (χ2v) is 15.4. The Kier molecular flexibility index (Phi) is 16.4. The number of halogens is 10. The predicted octanol–water partition coefficient (Wildman–Crippen LogP) is 13.9. The van der Waals surface area contributed by atoms with Gasteiger partial charge in [-0.05, 0) is 85.1 Å². The number of aldehydes is 1. The Hall–Kier alpha value is -6.39. The first-order valence-corrected chi connectivity index (χ1v) is 20.2. The highest BCUT2D eigenvalue weighted by molar-refractivity contribution is 6.32. The van der Waals surface area contributed by atoms with Crippen molar-refractivity contribution in [3.8, 4) is 11.5 Å². The van der Waals surface area contributed by atoms with Gasteiger partial charge in [-0.3, -0.25) is 14.8 Å². The summed E-state index contributed by atoms with van der Waals surface area (Å²) in [5.41, 5.74) is 6.62. The number of fused-ring (bicyclic) bond motifs is 2. The lowest BCUT2D eigenvalue weighted by Crippen LogP contribution is -2.16. The number of nitrogen functional groups attached to an aromatic ring is 1. The van der Waals surface area contributed by atoms with Crippen molar-refractivity contribution < 1.29 is 41.4 Å². The van der Waals surface area contributed by atoms with E-state index in [9.17, 15) is 41.4 Å². The van der Waals surface area contributed by atoms with Crippen molar-refractivity contribution in [2.75, 3.05) is 11.1 Å². The van der Waals surface area contributed by atoms with E-state index >= 15 is 0 Å². The average Bonchev–Trinajstić information content (AvgIpc) is 3.26. The number of nitrogens with one attached hydrogen (secondary N) is 1. The molecule has 0 fully saturated rings. The van der Waals surface area contributed by atoms with Crippen LogP contribution in [0.25, 0.3) is 21.8 Å². The third kappa shape index (κ3) is 13.1. The first kappa shape index (κ1) is 49.6. The lowest BCUT2D eigenvalue weighted by Gasteiger charge is -2.23. The van der Waals surface area contributed by atoms with E-state index in [-0.39, 0.29) is 22.6 Å². The van der Waals surface area contributed by atoms with Crippen LogP contribution in [0.1, 0.15) is 49.8 Å². The van der Waals surface area contributed by atoms with Gasteiger partial charge in [0, 0.05) is 46.7 Å². The second-order valence-electron chi connectivity index (χ2n) is 13.8. The third-order valence-corrected chi connectivity index (χ3v) is 10.6. The van der Waals surface area contributed by atoms with E-state index < -0.39 is 39.6 Å². The number of aryl methyl sites for hydroxylation is 2. The van der Waals surface area contributed by atoms with Crippen LogP contribution in [0.4, 0.5) is 38.0 Å². The number of pyridine rings is 4. The smallest absolute Gasteiger partial charge is 0.417 e. The number of phenolic OH excluding ortho intramolecular Hbond substituents is 2. The molecule has 1 unspecified atom stereocenters. The number of aromatic hydroxyl groups is 2. The normalized spacial score (nSPS) is 11.6. The monoisotopic (exact) mass is 972 g/mol. The molecule has 4 aromatic heterocycles. The third-order valence-electron chi connectivity index (χ3n) is 9.17. The molecule has 5 N–H and O–H groups in total. The van der Waals surface area contributed by atoms with Crippen LogP contribution in [0.3, 0.4) is 0 Å². The minimum atomic E-state index is -4.64. The van der Waals surface area contributed by atoms with Crippen LogP contribution >= 0.6 is 46.4 Å². The zero-order chi connectivity index (χ0) is 47.6. The lowest BCUT2D eigenvalue weighted by atomic mass is 9.94. The molecule has 8 aromatic rings. The summed E-state index contributed by atoms with van der Waals surface area (Å²) in [6, 6.07) is 25.2. The molecule has 0 aliphatic rings. The van der Waals surface area contributed by atoms with E-state index in [2.05, 4.69) is 25.3 Å². The summed E-state index contributed by atoms with van der Waals surface area (Å²) in [5, 5.41) is 25.3. The fraction of sp³-hybridized carbons (Fsp3) is 0.109. The zero-order valence-corrected chi connectivity index (χ0v) is 36.8. The van der Waals surface area contributed by atoms with Crippen molar-refractivity contribution in [2.45, 2.75) is 32.2 Å². The van der Waals surface area contributed by atoms with E-state index in [1.54, 1.807) is 67.8 Å². The van der Waals surface area contributed by atoms with E-state index in [4.69, 9.17) is 52.1 Å². The standard InChI is InChI=1S/C23H16Cl2F3N3O.C9H7NO.C8H4ClF3O.C6H7ClN2/c1-12-9-19(30-11-18(12)25)31-20(14-5-7-17(24)16(10-14)23(26,27)28)15-6-4-13-3-2-8-29-21(13)22(15)32;11-8-5-1-3-7-4-2-6-10-9(7)8;9-7-2-1-5(4-13)3-6(7)8(10,11)12;1-4-2-6(8)9-3-5(4)7/h2-11,20,32H,1H3,(H,30,31);1-6,11H;1-4H;2-3H,1H3,(H2,8,9). The maximum atomic E-state index is 13.5. The summed E-state index contributed by atoms with van der Waals surface area (Å²) in [4.78, 5) is 26.4. The van der Waals surface area contributed by atoms with Crippen LogP contribution in [-0.4, -0.2) is 36.4 Å². The number of nitrogens with zero attached hydrogens (tertiary/aromatic N) is 4. The summed E-state index contributed by atoms with van der Waals surface area (Å²) < 4.78 is 77.0. The van der Waals surface area contributed by atoms with Gasteiger partial charge in [-0.15, -0.1) is 0 Å². The minimum absolute atomic E-state index is 0.0447. The maximum absolute atomic E-state index is 13.5. The van der Waals surface area contributed by atoms with Gasteiger partial charge < -0.3 is 21.3 Å². The summed E-state index contributed by atoms with van der Waals surface area (Å²) >= 11 is 22.8. The van der Waals surface area contributed by atoms with E-state index in [1.165, 1.54) is 30.6 Å². The molecule has 0 aliphatic carbocycles. The Morgan fingerprint density at radius 1 is 0.631 bits per heavy atom. The molecule has 0 radical (unpaired) electrons. The maximum Gasteiger partial charge on any atom is 0.417 e. The van der Waals surface area contributed by atoms with Gasteiger partial charge in [0.15, 0.2) is 0 Å². The van der Waals surface area contributed by atoms with Crippen molar-refractivity contribution in [3.63, 3.8) is 0 Å². The molecule has 0 saturated heterocycles. The summed E-state index contributed by atoms with van der Waals surface area (Å²) in [6.45, 7) is 3.67. The predicted molar refractivity (Wildman–Crippen MR) is 243 cm³/mol. The van der Waals surface area contributed by atoms with E-state index in [0.717, 1.165) is 34.7 Å². The molecule has 0 bridgehead atoms. The van der Waals surface area contributed by atoms with Gasteiger partial charge >= 0.3 is 12.4 Å². The Labute approximate surface area is 387 Å². The molecule has 19 heteroatoms. The molecule has 4 heterocycles. The van der Waals surface area contributed by atoms with Crippen LogP contribution in [0.5, 0.6) is 11.5 Å². The first-order valence-electron chi connectivity index (χ1n) is 18.7. The molecule has 65 heavy (non-hydrogen) atoms. The van der Waals surface area contributed by atoms with Gasteiger partial charge in [0.25, 0.3) is 0 Å². The van der Waals surface area contributed by atoms with E-state index in [0.29, 0.717) is 50.0 Å². The van der Waals surface area contributed by atoms with E-state index in [1.807, 2.05) is 25.1 Å². The number of alkyl halides is 6. The molecule has 0 aliphatic heterocycles. The molecule has 0 spiro atoms. The number of benzene rings is 4. The highest BCUT2D eigenvalue weighted by Crippen LogP contribution is 2.41. The molecule has 0 saturated carbocycles. The molecule has 8 rings (SSSR count). The number of carbonyl (C=O) groups excluding carboxylic acids is 1. The minimum Gasteiger partial charge on any atom is -0.506 e. The number of hydrogen-bond donors (Lipinski definition) is 4. The molecule has 336 valence electrons. The molecule has 4 aromatic carbocycles. The van der Waals surface area contributed by atoms with Crippen LogP contribution < -0.4 is 11.1 Å². The first-order chi connectivity index (χ1) is 30.7. The fourth-order valence-corrected chi connectivity index (χ4v) is 6.56. The number of nitrogens with two attached hydrogens (primary N) is 1. The summed E-state index contributed by atoms with van der Waals surface area (Å²) in [6.07, 6.45) is -2.63.